The van der Waals surface area contributed by atoms with Crippen molar-refractivity contribution in [2.45, 2.75) is 40.0 Å². The van der Waals surface area contributed by atoms with Crippen molar-refractivity contribution < 1.29 is 4.79 Å². The largest absolute Gasteiger partial charge is 0.299 e. The molecule has 0 aromatic rings. The van der Waals surface area contributed by atoms with Gasteiger partial charge in [-0.3, -0.25) is 4.79 Å². The summed E-state index contributed by atoms with van der Waals surface area (Å²) in [6, 6.07) is 0. The Kier molecular flexibility index (Phi) is 6.68. The van der Waals surface area contributed by atoms with Crippen molar-refractivity contribution in [3.63, 3.8) is 0 Å². The molecule has 0 aromatic heterocycles. The van der Waals surface area contributed by atoms with Crippen LogP contribution in [0.5, 0.6) is 0 Å². The van der Waals surface area contributed by atoms with Crippen LogP contribution in [0.2, 0.25) is 0 Å². The summed E-state index contributed by atoms with van der Waals surface area (Å²) < 4.78 is 0. The van der Waals surface area contributed by atoms with Crippen molar-refractivity contribution in [2.24, 2.45) is 5.92 Å². The Morgan fingerprint density at radius 3 is 2.53 bits per heavy atom. The topological polar surface area (TPSA) is 17.1 Å². The second-order valence-corrected chi connectivity index (χ2v) is 3.52. The molecule has 1 nitrogen and oxygen atoms in total. The van der Waals surface area contributed by atoms with Crippen molar-refractivity contribution in [3.8, 4) is 0 Å². The normalized spacial score (nSPS) is 23.0. The maximum absolute atomic E-state index is 11.3. The van der Waals surface area contributed by atoms with E-state index in [-0.39, 0.29) is 11.7 Å². The molecule has 1 saturated carbocycles. The predicted octanol–water partition coefficient (Wildman–Crippen LogP) is 4.07. The van der Waals surface area contributed by atoms with Gasteiger partial charge in [0.1, 0.15) is 5.78 Å². The third-order valence-electron chi connectivity index (χ3n) is 2.54. The van der Waals surface area contributed by atoms with E-state index in [1.165, 1.54) is 0 Å². The molecule has 0 aromatic carbocycles. The number of hydrogen-bond acceptors (Lipinski definition) is 1. The molecule has 1 unspecified atom stereocenters. The van der Waals surface area contributed by atoms with Crippen LogP contribution in [0.4, 0.5) is 0 Å². The van der Waals surface area contributed by atoms with Gasteiger partial charge in [-0.2, -0.15) is 0 Å². The first kappa shape index (κ1) is 13.9. The number of carbonyl (C=O) groups is 1. The Hall–Kier alpha value is -1.11. The van der Waals surface area contributed by atoms with Crippen LogP contribution in [0, 0.1) is 5.92 Å². The summed E-state index contributed by atoms with van der Waals surface area (Å²) in [4.78, 5) is 11.3. The van der Waals surface area contributed by atoms with Gasteiger partial charge in [-0.05, 0) is 31.8 Å². The average Bonchev–Trinajstić information content (AvgIpc) is 2.24. The lowest BCUT2D eigenvalue weighted by Gasteiger charge is -2.24. The third-order valence-corrected chi connectivity index (χ3v) is 2.54. The zero-order valence-electron chi connectivity index (χ0n) is 10.2. The zero-order valence-corrected chi connectivity index (χ0v) is 10.2. The number of rotatable bonds is 2. The zero-order chi connectivity index (χ0) is 11.8. The summed E-state index contributed by atoms with van der Waals surface area (Å²) in [7, 11) is 0. The summed E-state index contributed by atoms with van der Waals surface area (Å²) in [5, 5.41) is 0. The maximum atomic E-state index is 11.3. The molecule has 1 atom stereocenters. The van der Waals surface area contributed by atoms with Gasteiger partial charge in [0.15, 0.2) is 0 Å². The van der Waals surface area contributed by atoms with E-state index < -0.39 is 0 Å². The minimum absolute atomic E-state index is 0.0687. The number of Topliss-reactive ketones (excluding diaryl/α,β-unsaturated/α-hetero) is 1. The van der Waals surface area contributed by atoms with Crippen LogP contribution in [0.3, 0.4) is 0 Å². The minimum atomic E-state index is 0.0687. The van der Waals surface area contributed by atoms with Crippen LogP contribution in [-0.4, -0.2) is 5.78 Å². The van der Waals surface area contributed by atoms with Gasteiger partial charge in [-0.15, -0.1) is 0 Å². The van der Waals surface area contributed by atoms with Crippen LogP contribution >= 0.6 is 0 Å². The smallest absolute Gasteiger partial charge is 0.137 e. The van der Waals surface area contributed by atoms with Crippen LogP contribution < -0.4 is 0 Å². The molecule has 0 N–H and O–H groups in total. The van der Waals surface area contributed by atoms with E-state index in [9.17, 15) is 4.79 Å². The molecule has 1 aliphatic rings. The van der Waals surface area contributed by atoms with Gasteiger partial charge in [-0.1, -0.05) is 44.7 Å². The molecule has 0 spiro atoms. The maximum Gasteiger partial charge on any atom is 0.137 e. The molecule has 0 bridgehead atoms. The highest BCUT2D eigenvalue weighted by Crippen LogP contribution is 2.33. The quantitative estimate of drug-likeness (QED) is 0.665. The molecule has 1 aliphatic carbocycles. The molecule has 1 fully saturated rings. The van der Waals surface area contributed by atoms with Crippen LogP contribution in [0.15, 0.2) is 36.5 Å². The van der Waals surface area contributed by atoms with Gasteiger partial charge in [-0.25, -0.2) is 0 Å². The van der Waals surface area contributed by atoms with E-state index >= 15 is 0 Å². The first-order valence-electron chi connectivity index (χ1n) is 5.68. The predicted molar refractivity (Wildman–Crippen MR) is 66.8 cm³/mol. The highest BCUT2D eigenvalue weighted by Gasteiger charge is 2.24. The van der Waals surface area contributed by atoms with Gasteiger partial charge in [0.2, 0.25) is 0 Å². The van der Waals surface area contributed by atoms with Gasteiger partial charge < -0.3 is 0 Å². The van der Waals surface area contributed by atoms with Gasteiger partial charge in [0.05, 0.1) is 0 Å². The lowest BCUT2D eigenvalue weighted by atomic mass is 9.79. The van der Waals surface area contributed by atoms with E-state index in [0.717, 1.165) is 30.4 Å². The van der Waals surface area contributed by atoms with Gasteiger partial charge in [0.25, 0.3) is 0 Å². The first-order chi connectivity index (χ1) is 7.16. The molecule has 0 aliphatic heterocycles. The average molecular weight is 206 g/mol. The van der Waals surface area contributed by atoms with E-state index in [0.29, 0.717) is 0 Å². The summed E-state index contributed by atoms with van der Waals surface area (Å²) in [6.45, 7) is 13.3. The molecule has 0 heterocycles. The molecule has 84 valence electrons. The number of carbonyl (C=O) groups excluding carboxylic acids is 1. The molecule has 0 amide bonds. The van der Waals surface area contributed by atoms with Crippen molar-refractivity contribution in [2.75, 3.05) is 0 Å². The lowest BCUT2D eigenvalue weighted by molar-refractivity contribution is -0.119. The molecular weight excluding hydrogens is 184 g/mol. The SMILES string of the molecule is C=C/C=C1\C(=C)CCCC1C(C)=O.CC. The Labute approximate surface area is 93.6 Å². The molecule has 1 heteroatoms. The van der Waals surface area contributed by atoms with Crippen molar-refractivity contribution in [1.82, 2.24) is 0 Å². The monoisotopic (exact) mass is 206 g/mol. The highest BCUT2D eigenvalue weighted by molar-refractivity contribution is 5.82. The first-order valence-corrected chi connectivity index (χ1v) is 5.68. The van der Waals surface area contributed by atoms with E-state index in [4.69, 9.17) is 0 Å². The van der Waals surface area contributed by atoms with Crippen molar-refractivity contribution in [1.29, 1.82) is 0 Å². The fraction of sp³-hybridized carbons (Fsp3) is 0.500. The van der Waals surface area contributed by atoms with Crippen LogP contribution in [0.1, 0.15) is 40.0 Å². The fourth-order valence-electron chi connectivity index (χ4n) is 1.85. The number of hydrogen-bond donors (Lipinski definition) is 0. The Bertz CT molecular complexity index is 271. The Morgan fingerprint density at radius 1 is 1.47 bits per heavy atom. The second-order valence-electron chi connectivity index (χ2n) is 3.52. The van der Waals surface area contributed by atoms with Crippen LogP contribution in [0.25, 0.3) is 0 Å². The lowest BCUT2D eigenvalue weighted by Crippen LogP contribution is -2.18. The third kappa shape index (κ3) is 3.86. The minimum Gasteiger partial charge on any atom is -0.299 e. The highest BCUT2D eigenvalue weighted by atomic mass is 16.1. The molecule has 15 heavy (non-hydrogen) atoms. The molecular formula is C14H22O. The standard InChI is InChI=1S/C12H16O.C2H6/c1-4-6-11-9(2)7-5-8-12(11)10(3)13;1-2/h4,6,12H,1-2,5,7-8H2,3H3;1-2H3/b11-6+;. The van der Waals surface area contributed by atoms with E-state index in [2.05, 4.69) is 13.2 Å². The Morgan fingerprint density at radius 2 is 2.07 bits per heavy atom. The van der Waals surface area contributed by atoms with E-state index in [1.54, 1.807) is 13.0 Å². The molecule has 0 saturated heterocycles. The molecule has 0 radical (unpaired) electrons. The summed E-state index contributed by atoms with van der Waals surface area (Å²) >= 11 is 0. The second kappa shape index (κ2) is 7.22. The fourth-order valence-corrected chi connectivity index (χ4v) is 1.85. The van der Waals surface area contributed by atoms with Gasteiger partial charge in [0, 0.05) is 5.92 Å². The summed E-state index contributed by atoms with van der Waals surface area (Å²) in [5.41, 5.74) is 2.19. The summed E-state index contributed by atoms with van der Waals surface area (Å²) in [6.07, 6.45) is 6.73. The summed E-state index contributed by atoms with van der Waals surface area (Å²) in [5.74, 6) is 0.313. The number of ketones is 1. The van der Waals surface area contributed by atoms with Crippen molar-refractivity contribution in [3.05, 3.63) is 36.5 Å². The molecule has 1 rings (SSSR count). The van der Waals surface area contributed by atoms with Crippen molar-refractivity contribution >= 4 is 5.78 Å². The number of allylic oxidation sites excluding steroid dienone is 4. The van der Waals surface area contributed by atoms with E-state index in [1.807, 2.05) is 19.9 Å². The van der Waals surface area contributed by atoms with Crippen LogP contribution in [-0.2, 0) is 4.79 Å². The Balaban J connectivity index is 0.000000921. The van der Waals surface area contributed by atoms with Gasteiger partial charge >= 0.3 is 0 Å².